The molecule has 0 amide bonds. The molecule has 3 aromatic rings. The summed E-state index contributed by atoms with van der Waals surface area (Å²) in [4.78, 5) is 11.1. The Labute approximate surface area is 172 Å². The number of fused-ring (bicyclic) bond motifs is 1. The molecule has 3 heteroatoms. The number of benzene rings is 3. The summed E-state index contributed by atoms with van der Waals surface area (Å²) in [5, 5.41) is 11.6. The molecule has 0 radical (unpaired) electrons. The summed E-state index contributed by atoms with van der Waals surface area (Å²) in [6.07, 6.45) is 6.94. The predicted molar refractivity (Wildman–Crippen MR) is 117 cm³/mol. The fourth-order valence-electron chi connectivity index (χ4n) is 4.33. The number of rotatable bonds is 7. The third kappa shape index (κ3) is 4.79. The number of carboxylic acids is 1. The van der Waals surface area contributed by atoms with E-state index >= 15 is 0 Å². The Bertz CT molecular complexity index is 986. The van der Waals surface area contributed by atoms with Crippen LogP contribution in [0.2, 0.25) is 0 Å². The van der Waals surface area contributed by atoms with Gasteiger partial charge in [0.2, 0.25) is 0 Å². The summed E-state index contributed by atoms with van der Waals surface area (Å²) in [5.74, 6) is 0.676. The quantitative estimate of drug-likeness (QED) is 0.504. The first-order valence-corrected chi connectivity index (χ1v) is 10.7. The van der Waals surface area contributed by atoms with Crippen molar-refractivity contribution in [1.29, 1.82) is 0 Å². The highest BCUT2D eigenvalue weighted by Crippen LogP contribution is 2.36. The van der Waals surface area contributed by atoms with Crippen molar-refractivity contribution >= 4 is 16.7 Å². The van der Waals surface area contributed by atoms with E-state index in [0.717, 1.165) is 22.4 Å². The summed E-state index contributed by atoms with van der Waals surface area (Å²) in [7, 11) is 0. The molecular formula is C26H28O3. The maximum atomic E-state index is 11.1. The van der Waals surface area contributed by atoms with Crippen LogP contribution in [0.4, 0.5) is 0 Å². The van der Waals surface area contributed by atoms with Crippen molar-refractivity contribution in [3.8, 4) is 16.9 Å². The molecule has 0 unspecified atom stereocenters. The molecule has 1 aliphatic carbocycles. The first kappa shape index (κ1) is 19.5. The molecule has 4 rings (SSSR count). The zero-order valence-corrected chi connectivity index (χ0v) is 16.8. The Morgan fingerprint density at radius 1 is 0.931 bits per heavy atom. The van der Waals surface area contributed by atoms with Crippen molar-refractivity contribution in [2.24, 2.45) is 5.92 Å². The Kier molecular flexibility index (Phi) is 6.14. The molecule has 0 saturated heterocycles. The van der Waals surface area contributed by atoms with Crippen LogP contribution in [0.5, 0.6) is 5.75 Å². The van der Waals surface area contributed by atoms with Crippen molar-refractivity contribution in [3.63, 3.8) is 0 Å². The molecule has 3 nitrogen and oxygen atoms in total. The van der Waals surface area contributed by atoms with Crippen LogP contribution in [-0.2, 0) is 11.2 Å². The number of hydrogen-bond donors (Lipinski definition) is 1. The molecule has 0 aliphatic heterocycles. The molecule has 1 fully saturated rings. The molecule has 0 heterocycles. The minimum absolute atomic E-state index is 0.112. The average Bonchev–Trinajstić information content (AvgIpc) is 2.76. The van der Waals surface area contributed by atoms with Gasteiger partial charge in [0.15, 0.2) is 0 Å². The molecule has 0 aromatic heterocycles. The van der Waals surface area contributed by atoms with Crippen molar-refractivity contribution in [1.82, 2.24) is 0 Å². The van der Waals surface area contributed by atoms with Gasteiger partial charge in [-0.1, -0.05) is 73.9 Å². The van der Waals surface area contributed by atoms with E-state index in [1.165, 1.54) is 42.9 Å². The highest BCUT2D eigenvalue weighted by Gasteiger charge is 2.18. The molecule has 1 N–H and O–H groups in total. The Morgan fingerprint density at radius 2 is 1.72 bits per heavy atom. The number of aliphatic carboxylic acids is 1. The lowest BCUT2D eigenvalue weighted by molar-refractivity contribution is -0.136. The average molecular weight is 389 g/mol. The van der Waals surface area contributed by atoms with E-state index in [-0.39, 0.29) is 6.42 Å². The monoisotopic (exact) mass is 388 g/mol. The zero-order chi connectivity index (χ0) is 20.1. The van der Waals surface area contributed by atoms with E-state index in [9.17, 15) is 4.79 Å². The second-order valence-corrected chi connectivity index (χ2v) is 8.06. The molecular weight excluding hydrogens is 360 g/mol. The van der Waals surface area contributed by atoms with Crippen LogP contribution in [0.25, 0.3) is 21.9 Å². The minimum Gasteiger partial charge on any atom is -0.492 e. The first-order chi connectivity index (χ1) is 14.2. The highest BCUT2D eigenvalue weighted by molar-refractivity contribution is 5.88. The van der Waals surface area contributed by atoms with Gasteiger partial charge in [0.05, 0.1) is 6.61 Å². The standard InChI is InChI=1S/C26H28O3/c27-25(28)16-15-21-11-6-12-24(26(21)29-18-19-7-2-1-3-8-19)23-14-13-20-9-4-5-10-22(20)17-23/h4-6,9-14,17,19H,1-3,7-8,15-16,18H2,(H,27,28). The third-order valence-electron chi connectivity index (χ3n) is 5.95. The van der Waals surface area contributed by atoms with Gasteiger partial charge in [-0.25, -0.2) is 0 Å². The molecule has 150 valence electrons. The topological polar surface area (TPSA) is 46.5 Å². The van der Waals surface area contributed by atoms with Gasteiger partial charge in [0.1, 0.15) is 5.75 Å². The summed E-state index contributed by atoms with van der Waals surface area (Å²) in [5.41, 5.74) is 3.14. The highest BCUT2D eigenvalue weighted by atomic mass is 16.5. The first-order valence-electron chi connectivity index (χ1n) is 10.7. The summed E-state index contributed by atoms with van der Waals surface area (Å²) < 4.78 is 6.41. The summed E-state index contributed by atoms with van der Waals surface area (Å²) in [6.45, 7) is 0.713. The normalized spacial score (nSPS) is 14.8. The van der Waals surface area contributed by atoms with Gasteiger partial charge >= 0.3 is 5.97 Å². The van der Waals surface area contributed by atoms with Crippen LogP contribution >= 0.6 is 0 Å². The largest absolute Gasteiger partial charge is 0.492 e. The number of aryl methyl sites for hydroxylation is 1. The third-order valence-corrected chi connectivity index (χ3v) is 5.95. The Hall–Kier alpha value is -2.81. The van der Waals surface area contributed by atoms with E-state index in [1.807, 2.05) is 18.2 Å². The van der Waals surface area contributed by atoms with E-state index in [4.69, 9.17) is 9.84 Å². The second-order valence-electron chi connectivity index (χ2n) is 8.06. The zero-order valence-electron chi connectivity index (χ0n) is 16.8. The molecule has 1 aliphatic rings. The van der Waals surface area contributed by atoms with Crippen molar-refractivity contribution in [3.05, 3.63) is 66.2 Å². The maximum absolute atomic E-state index is 11.1. The fraction of sp³-hybridized carbons (Fsp3) is 0.346. The van der Waals surface area contributed by atoms with Crippen LogP contribution < -0.4 is 4.74 Å². The molecule has 0 atom stereocenters. The van der Waals surface area contributed by atoms with Gasteiger partial charge < -0.3 is 9.84 Å². The molecule has 3 aromatic carbocycles. The van der Waals surface area contributed by atoms with E-state index in [0.29, 0.717) is 18.9 Å². The molecule has 1 saturated carbocycles. The second kappa shape index (κ2) is 9.13. The number of ether oxygens (including phenoxy) is 1. The van der Waals surface area contributed by atoms with Crippen LogP contribution in [-0.4, -0.2) is 17.7 Å². The lowest BCUT2D eigenvalue weighted by Crippen LogP contribution is -2.16. The van der Waals surface area contributed by atoms with Crippen LogP contribution in [0.15, 0.2) is 60.7 Å². The van der Waals surface area contributed by atoms with Gasteiger partial charge in [-0.2, -0.15) is 0 Å². The van der Waals surface area contributed by atoms with Crippen LogP contribution in [0.1, 0.15) is 44.1 Å². The van der Waals surface area contributed by atoms with Crippen molar-refractivity contribution in [2.45, 2.75) is 44.9 Å². The number of carboxylic acid groups (broad SMARTS) is 1. The van der Waals surface area contributed by atoms with Gasteiger partial charge in [-0.3, -0.25) is 4.79 Å². The van der Waals surface area contributed by atoms with Gasteiger partial charge in [-0.15, -0.1) is 0 Å². The lowest BCUT2D eigenvalue weighted by atomic mass is 9.90. The Balaban J connectivity index is 1.68. The summed E-state index contributed by atoms with van der Waals surface area (Å²) in [6, 6.07) is 20.9. The number of para-hydroxylation sites is 1. The minimum atomic E-state index is -0.778. The Morgan fingerprint density at radius 3 is 2.52 bits per heavy atom. The summed E-state index contributed by atoms with van der Waals surface area (Å²) >= 11 is 0. The van der Waals surface area contributed by atoms with Crippen molar-refractivity contribution < 1.29 is 14.6 Å². The van der Waals surface area contributed by atoms with Crippen LogP contribution in [0, 0.1) is 5.92 Å². The number of carbonyl (C=O) groups is 1. The van der Waals surface area contributed by atoms with E-state index in [2.05, 4.69) is 42.5 Å². The molecule has 0 spiro atoms. The number of hydrogen-bond acceptors (Lipinski definition) is 2. The lowest BCUT2D eigenvalue weighted by Gasteiger charge is -2.24. The van der Waals surface area contributed by atoms with Gasteiger partial charge in [-0.05, 0) is 53.1 Å². The molecule has 29 heavy (non-hydrogen) atoms. The van der Waals surface area contributed by atoms with Gasteiger partial charge in [0.25, 0.3) is 0 Å². The van der Waals surface area contributed by atoms with E-state index in [1.54, 1.807) is 0 Å². The SMILES string of the molecule is O=C(O)CCc1cccc(-c2ccc3ccccc3c2)c1OCC1CCCCC1. The van der Waals surface area contributed by atoms with E-state index < -0.39 is 5.97 Å². The van der Waals surface area contributed by atoms with Gasteiger partial charge in [0, 0.05) is 12.0 Å². The molecule has 0 bridgehead atoms. The predicted octanol–water partition coefficient (Wildman–Crippen LogP) is 6.48. The van der Waals surface area contributed by atoms with Crippen molar-refractivity contribution in [2.75, 3.05) is 6.61 Å². The maximum Gasteiger partial charge on any atom is 0.303 e. The van der Waals surface area contributed by atoms with Crippen LogP contribution in [0.3, 0.4) is 0 Å². The fourth-order valence-corrected chi connectivity index (χ4v) is 4.33. The smallest absolute Gasteiger partial charge is 0.303 e.